The Morgan fingerprint density at radius 1 is 0.667 bits per heavy atom. The highest BCUT2D eigenvalue weighted by molar-refractivity contribution is 6.09. The average Bonchev–Trinajstić information content (AvgIpc) is 3.67. The molecule has 4 aromatic carbocycles. The van der Waals surface area contributed by atoms with Gasteiger partial charge < -0.3 is 4.74 Å². The monoisotopic (exact) mass is 632 g/mol. The van der Waals surface area contributed by atoms with Crippen molar-refractivity contribution in [3.63, 3.8) is 0 Å². The SMILES string of the molecule is CC(C)c1ccnc(-n2c3ccccc3c3ccc(Oc4cccc(-n5cc(-c6c(C(C)(C)C)cccc6C(C)(C)C)cn5)c4)cc32)c1. The molecule has 0 unspecified atom stereocenters. The van der Waals surface area contributed by atoms with Gasteiger partial charge in [-0.25, -0.2) is 9.67 Å². The molecule has 0 atom stereocenters. The van der Waals surface area contributed by atoms with Crippen LogP contribution in [0.1, 0.15) is 78.0 Å². The molecule has 0 bridgehead atoms. The molecule has 0 N–H and O–H groups in total. The Hall–Kier alpha value is -5.16. The summed E-state index contributed by atoms with van der Waals surface area (Å²) in [5.74, 6) is 2.82. The van der Waals surface area contributed by atoms with Crippen LogP contribution in [0.25, 0.3) is 44.4 Å². The van der Waals surface area contributed by atoms with Crippen LogP contribution in [0, 0.1) is 0 Å². The lowest BCUT2D eigenvalue weighted by Crippen LogP contribution is -2.18. The van der Waals surface area contributed by atoms with Gasteiger partial charge in [0.05, 0.1) is 22.9 Å². The van der Waals surface area contributed by atoms with Crippen molar-refractivity contribution >= 4 is 21.8 Å². The van der Waals surface area contributed by atoms with Crippen molar-refractivity contribution in [2.45, 2.75) is 72.1 Å². The molecule has 7 rings (SSSR count). The molecule has 0 saturated heterocycles. The molecule has 0 aliphatic heterocycles. The molecule has 3 aromatic heterocycles. The second kappa shape index (κ2) is 11.8. The van der Waals surface area contributed by atoms with Crippen LogP contribution < -0.4 is 4.74 Å². The number of hydrogen-bond acceptors (Lipinski definition) is 3. The fraction of sp³-hybridized carbons (Fsp3) is 0.256. The quantitative estimate of drug-likeness (QED) is 0.183. The predicted molar refractivity (Wildman–Crippen MR) is 199 cm³/mol. The van der Waals surface area contributed by atoms with Gasteiger partial charge in [-0.1, -0.05) is 97.9 Å². The molecule has 3 heterocycles. The molecule has 0 radical (unpaired) electrons. The Bertz CT molecular complexity index is 2240. The molecular formula is C43H44N4O. The number of fused-ring (bicyclic) bond motifs is 3. The summed E-state index contributed by atoms with van der Waals surface area (Å²) in [4.78, 5) is 4.80. The van der Waals surface area contributed by atoms with Crippen LogP contribution in [0.15, 0.2) is 116 Å². The molecule has 0 amide bonds. The molecule has 7 aromatic rings. The summed E-state index contributed by atoms with van der Waals surface area (Å²) in [6.07, 6.45) is 6.04. The minimum Gasteiger partial charge on any atom is -0.457 e. The lowest BCUT2D eigenvalue weighted by molar-refractivity contribution is 0.483. The van der Waals surface area contributed by atoms with Gasteiger partial charge in [0, 0.05) is 40.9 Å². The average molecular weight is 633 g/mol. The molecule has 0 aliphatic carbocycles. The normalized spacial score (nSPS) is 12.4. The highest BCUT2D eigenvalue weighted by atomic mass is 16.5. The molecule has 5 nitrogen and oxygen atoms in total. The first kappa shape index (κ1) is 31.4. The summed E-state index contributed by atoms with van der Waals surface area (Å²) in [6.45, 7) is 18.1. The van der Waals surface area contributed by atoms with Gasteiger partial charge >= 0.3 is 0 Å². The number of aromatic nitrogens is 4. The zero-order chi connectivity index (χ0) is 33.8. The molecule has 0 saturated carbocycles. The van der Waals surface area contributed by atoms with E-state index in [0.29, 0.717) is 5.92 Å². The minimum absolute atomic E-state index is 0.00739. The number of ether oxygens (including phenoxy) is 1. The third kappa shape index (κ3) is 5.79. The predicted octanol–water partition coefficient (Wildman–Crippen LogP) is 11.5. The van der Waals surface area contributed by atoms with E-state index in [-0.39, 0.29) is 10.8 Å². The van der Waals surface area contributed by atoms with Crippen molar-refractivity contribution in [1.82, 2.24) is 19.3 Å². The summed E-state index contributed by atoms with van der Waals surface area (Å²) < 4.78 is 10.7. The van der Waals surface area contributed by atoms with Crippen LogP contribution in [0.2, 0.25) is 0 Å². The zero-order valence-electron chi connectivity index (χ0n) is 29.2. The number of para-hydroxylation sites is 1. The van der Waals surface area contributed by atoms with Crippen molar-refractivity contribution in [1.29, 1.82) is 0 Å². The third-order valence-corrected chi connectivity index (χ3v) is 9.18. The van der Waals surface area contributed by atoms with Crippen molar-refractivity contribution in [2.75, 3.05) is 0 Å². The second-order valence-electron chi connectivity index (χ2n) is 15.1. The standard InChI is InChI=1S/C43H44N4O/c1-28(2)29-21-22-44-40(23-29)47-38-18-10-9-15-34(38)35-20-19-33(25-39(35)47)48-32-14-11-13-31(24-32)46-27-30(26-45-46)41-36(42(3,4)5)16-12-17-37(41)43(6,7)8/h9-28H,1-8H3. The Balaban J connectivity index is 1.26. The van der Waals surface area contributed by atoms with Crippen LogP contribution in [0.5, 0.6) is 11.5 Å². The van der Waals surface area contributed by atoms with Crippen molar-refractivity contribution in [2.24, 2.45) is 0 Å². The molecule has 0 aliphatic rings. The summed E-state index contributed by atoms with van der Waals surface area (Å²) in [7, 11) is 0. The molecule has 5 heteroatoms. The molecule has 242 valence electrons. The Kier molecular flexibility index (Phi) is 7.74. The van der Waals surface area contributed by atoms with Crippen LogP contribution in [0.4, 0.5) is 0 Å². The van der Waals surface area contributed by atoms with E-state index in [1.54, 1.807) is 0 Å². The number of nitrogens with zero attached hydrogens (tertiary/aromatic N) is 4. The lowest BCUT2D eigenvalue weighted by atomic mass is 9.75. The highest BCUT2D eigenvalue weighted by Gasteiger charge is 2.27. The minimum atomic E-state index is -0.00739. The molecule has 0 spiro atoms. The van der Waals surface area contributed by atoms with Gasteiger partial charge in [0.1, 0.15) is 17.3 Å². The fourth-order valence-electron chi connectivity index (χ4n) is 6.71. The van der Waals surface area contributed by atoms with E-state index in [4.69, 9.17) is 14.8 Å². The fourth-order valence-corrected chi connectivity index (χ4v) is 6.71. The number of benzene rings is 4. The maximum atomic E-state index is 6.54. The third-order valence-electron chi connectivity index (χ3n) is 9.18. The highest BCUT2D eigenvalue weighted by Crippen LogP contribution is 2.41. The van der Waals surface area contributed by atoms with Gasteiger partial charge in [0.2, 0.25) is 0 Å². The van der Waals surface area contributed by atoms with Crippen molar-refractivity contribution in [3.8, 4) is 34.1 Å². The number of pyridine rings is 1. The van der Waals surface area contributed by atoms with Gasteiger partial charge in [-0.2, -0.15) is 5.10 Å². The smallest absolute Gasteiger partial charge is 0.137 e. The maximum Gasteiger partial charge on any atom is 0.137 e. The molecule has 0 fully saturated rings. The van der Waals surface area contributed by atoms with E-state index in [1.807, 2.05) is 41.3 Å². The first-order valence-electron chi connectivity index (χ1n) is 16.9. The van der Waals surface area contributed by atoms with Crippen molar-refractivity contribution < 1.29 is 4.74 Å². The van der Waals surface area contributed by atoms with E-state index in [1.165, 1.54) is 27.6 Å². The maximum absolute atomic E-state index is 6.54. The number of rotatable bonds is 6. The molecular weight excluding hydrogens is 589 g/mol. The Morgan fingerprint density at radius 3 is 2.08 bits per heavy atom. The summed E-state index contributed by atoms with van der Waals surface area (Å²) in [5.41, 5.74) is 9.40. The second-order valence-corrected chi connectivity index (χ2v) is 15.1. The molecule has 48 heavy (non-hydrogen) atoms. The van der Waals surface area contributed by atoms with E-state index in [2.05, 4.69) is 139 Å². The van der Waals surface area contributed by atoms with Crippen LogP contribution in [-0.4, -0.2) is 19.3 Å². The van der Waals surface area contributed by atoms with Crippen LogP contribution >= 0.6 is 0 Å². The zero-order valence-corrected chi connectivity index (χ0v) is 29.2. The lowest BCUT2D eigenvalue weighted by Gasteiger charge is -2.29. The van der Waals surface area contributed by atoms with Crippen LogP contribution in [0.3, 0.4) is 0 Å². The Morgan fingerprint density at radius 2 is 1.35 bits per heavy atom. The van der Waals surface area contributed by atoms with Gasteiger partial charge in [0.15, 0.2) is 0 Å². The van der Waals surface area contributed by atoms with E-state index < -0.39 is 0 Å². The van der Waals surface area contributed by atoms with E-state index >= 15 is 0 Å². The van der Waals surface area contributed by atoms with Gasteiger partial charge in [0.25, 0.3) is 0 Å². The van der Waals surface area contributed by atoms with Crippen LogP contribution in [-0.2, 0) is 10.8 Å². The largest absolute Gasteiger partial charge is 0.457 e. The first-order valence-corrected chi connectivity index (χ1v) is 16.9. The van der Waals surface area contributed by atoms with Crippen molar-refractivity contribution in [3.05, 3.63) is 132 Å². The topological polar surface area (TPSA) is 44.9 Å². The van der Waals surface area contributed by atoms with Gasteiger partial charge in [-0.05, 0) is 81.5 Å². The Labute approximate surface area is 283 Å². The summed E-state index contributed by atoms with van der Waals surface area (Å²) in [6, 6.07) is 33.9. The van der Waals surface area contributed by atoms with Gasteiger partial charge in [-0.3, -0.25) is 4.57 Å². The van der Waals surface area contributed by atoms with Gasteiger partial charge in [-0.15, -0.1) is 0 Å². The van der Waals surface area contributed by atoms with E-state index in [0.717, 1.165) is 45.0 Å². The summed E-state index contributed by atoms with van der Waals surface area (Å²) >= 11 is 0. The number of hydrogen-bond donors (Lipinski definition) is 0. The van der Waals surface area contributed by atoms with E-state index in [9.17, 15) is 0 Å². The first-order chi connectivity index (χ1) is 22.9. The summed E-state index contributed by atoms with van der Waals surface area (Å²) in [5, 5.41) is 7.19.